The molecular weight excluding hydrogens is 318 g/mol. The molecular formula is C14H17N5O3S. The van der Waals surface area contributed by atoms with Gasteiger partial charge in [0.15, 0.2) is 0 Å². The van der Waals surface area contributed by atoms with Gasteiger partial charge in [-0.15, -0.1) is 10.2 Å². The van der Waals surface area contributed by atoms with Crippen LogP contribution in [0.3, 0.4) is 0 Å². The minimum Gasteiger partial charge on any atom is -0.459 e. The number of nitrogen functional groups attached to an aromatic ring is 1. The Morgan fingerprint density at radius 3 is 2.61 bits per heavy atom. The van der Waals surface area contributed by atoms with Crippen molar-refractivity contribution in [1.29, 1.82) is 0 Å². The van der Waals surface area contributed by atoms with E-state index in [1.54, 1.807) is 38.1 Å². The number of aromatic nitrogens is 3. The Labute approximate surface area is 137 Å². The number of carbonyl (C=O) groups is 2. The number of nitrogens with two attached hydrogens (primary N) is 1. The second-order valence-electron chi connectivity index (χ2n) is 4.89. The van der Waals surface area contributed by atoms with Gasteiger partial charge < -0.3 is 15.9 Å². The van der Waals surface area contributed by atoms with Crippen LogP contribution in [0.2, 0.25) is 0 Å². The van der Waals surface area contributed by atoms with Gasteiger partial charge in [-0.3, -0.25) is 4.79 Å². The molecule has 0 saturated carbocycles. The molecule has 1 amide bonds. The summed E-state index contributed by atoms with van der Waals surface area (Å²) in [4.78, 5) is 23.6. The lowest BCUT2D eigenvalue weighted by Crippen LogP contribution is -2.16. The lowest BCUT2D eigenvalue weighted by atomic mass is 10.2. The topological polar surface area (TPSA) is 112 Å². The molecule has 23 heavy (non-hydrogen) atoms. The average molecular weight is 335 g/mol. The zero-order valence-electron chi connectivity index (χ0n) is 12.7. The van der Waals surface area contributed by atoms with E-state index in [0.29, 0.717) is 16.4 Å². The molecule has 0 atom stereocenters. The highest BCUT2D eigenvalue weighted by Gasteiger charge is 2.10. The molecule has 1 heterocycles. The van der Waals surface area contributed by atoms with Crippen LogP contribution in [0.15, 0.2) is 35.7 Å². The maximum absolute atomic E-state index is 11.9. The third kappa shape index (κ3) is 4.99. The van der Waals surface area contributed by atoms with Gasteiger partial charge in [0.2, 0.25) is 11.1 Å². The minimum atomic E-state index is -0.393. The average Bonchev–Trinajstić information content (AvgIpc) is 2.90. The molecule has 0 unspecified atom stereocenters. The number of nitrogens with zero attached hydrogens (tertiary/aromatic N) is 3. The maximum atomic E-state index is 11.9. The van der Waals surface area contributed by atoms with Gasteiger partial charge >= 0.3 is 5.97 Å². The fourth-order valence-corrected chi connectivity index (χ4v) is 2.27. The van der Waals surface area contributed by atoms with Gasteiger partial charge in [-0.2, -0.15) is 0 Å². The van der Waals surface area contributed by atoms with Crippen molar-refractivity contribution in [3.05, 3.63) is 36.2 Å². The van der Waals surface area contributed by atoms with Crippen LogP contribution in [0.5, 0.6) is 0 Å². The quantitative estimate of drug-likeness (QED) is 0.464. The molecule has 2 rings (SSSR count). The molecule has 1 aromatic carbocycles. The lowest BCUT2D eigenvalue weighted by molar-refractivity contribution is -0.113. The highest BCUT2D eigenvalue weighted by molar-refractivity contribution is 7.99. The van der Waals surface area contributed by atoms with Crippen LogP contribution in [0.4, 0.5) is 5.69 Å². The summed E-state index contributed by atoms with van der Waals surface area (Å²) in [5.41, 5.74) is 1.02. The van der Waals surface area contributed by atoms with E-state index < -0.39 is 5.97 Å². The van der Waals surface area contributed by atoms with Crippen molar-refractivity contribution in [3.63, 3.8) is 0 Å². The Morgan fingerprint density at radius 1 is 1.35 bits per heavy atom. The zero-order chi connectivity index (χ0) is 16.8. The van der Waals surface area contributed by atoms with E-state index in [2.05, 4.69) is 15.5 Å². The summed E-state index contributed by atoms with van der Waals surface area (Å²) in [5, 5.41) is 10.6. The third-order valence-electron chi connectivity index (χ3n) is 2.62. The first-order chi connectivity index (χ1) is 11.0. The van der Waals surface area contributed by atoms with Gasteiger partial charge in [0.05, 0.1) is 17.4 Å². The Morgan fingerprint density at radius 2 is 2.04 bits per heavy atom. The van der Waals surface area contributed by atoms with Crippen LogP contribution in [0, 0.1) is 0 Å². The molecule has 0 aliphatic rings. The van der Waals surface area contributed by atoms with Crippen LogP contribution in [-0.2, 0) is 9.53 Å². The van der Waals surface area contributed by atoms with Crippen LogP contribution >= 0.6 is 11.8 Å². The summed E-state index contributed by atoms with van der Waals surface area (Å²) in [7, 11) is 0. The number of amides is 1. The Hall–Kier alpha value is -2.55. The highest BCUT2D eigenvalue weighted by atomic mass is 32.2. The van der Waals surface area contributed by atoms with Crippen LogP contribution in [0.1, 0.15) is 24.2 Å². The zero-order valence-corrected chi connectivity index (χ0v) is 13.5. The fraction of sp³-hybridized carbons (Fsp3) is 0.286. The van der Waals surface area contributed by atoms with Gasteiger partial charge in [0.1, 0.15) is 6.33 Å². The van der Waals surface area contributed by atoms with Gasteiger partial charge in [-0.05, 0) is 38.1 Å². The number of anilines is 1. The molecule has 0 aliphatic carbocycles. The van der Waals surface area contributed by atoms with Crippen molar-refractivity contribution in [2.75, 3.05) is 16.9 Å². The van der Waals surface area contributed by atoms with Gasteiger partial charge in [-0.1, -0.05) is 11.8 Å². The second-order valence-corrected chi connectivity index (χ2v) is 5.83. The van der Waals surface area contributed by atoms with Gasteiger partial charge in [-0.25, -0.2) is 9.47 Å². The highest BCUT2D eigenvalue weighted by Crippen LogP contribution is 2.15. The number of hydrogen-bond acceptors (Lipinski definition) is 7. The first-order valence-electron chi connectivity index (χ1n) is 6.84. The van der Waals surface area contributed by atoms with Crippen molar-refractivity contribution in [2.45, 2.75) is 25.1 Å². The number of rotatable bonds is 6. The Bertz CT molecular complexity index is 684. The molecule has 1 aromatic heterocycles. The number of carbonyl (C=O) groups excluding carboxylic acids is 2. The molecule has 2 aromatic rings. The number of benzene rings is 1. The SMILES string of the molecule is CC(C)OC(=O)c1ccc(NC(=O)CSc2nncn2N)cc1. The number of hydrogen-bond donors (Lipinski definition) is 2. The van der Waals surface area contributed by atoms with E-state index in [1.165, 1.54) is 22.8 Å². The minimum absolute atomic E-state index is 0.146. The number of thioether (sulfide) groups is 1. The van der Waals surface area contributed by atoms with Crippen LogP contribution in [-0.4, -0.2) is 38.6 Å². The summed E-state index contributed by atoms with van der Waals surface area (Å²) < 4.78 is 6.33. The maximum Gasteiger partial charge on any atom is 0.338 e. The second kappa shape index (κ2) is 7.63. The van der Waals surface area contributed by atoms with E-state index >= 15 is 0 Å². The monoisotopic (exact) mass is 335 g/mol. The van der Waals surface area contributed by atoms with E-state index in [1.807, 2.05) is 0 Å². The smallest absolute Gasteiger partial charge is 0.338 e. The van der Waals surface area contributed by atoms with Gasteiger partial charge in [0, 0.05) is 5.69 Å². The summed E-state index contributed by atoms with van der Waals surface area (Å²) in [6, 6.07) is 6.49. The molecule has 0 aliphatic heterocycles. The van der Waals surface area contributed by atoms with Crippen LogP contribution < -0.4 is 11.2 Å². The molecule has 0 radical (unpaired) electrons. The Balaban J connectivity index is 1.86. The van der Waals surface area contributed by atoms with Crippen molar-refractivity contribution in [1.82, 2.24) is 14.9 Å². The van der Waals surface area contributed by atoms with E-state index in [-0.39, 0.29) is 17.8 Å². The molecule has 0 spiro atoms. The molecule has 0 saturated heterocycles. The normalized spacial score (nSPS) is 10.6. The van der Waals surface area contributed by atoms with Crippen molar-refractivity contribution < 1.29 is 14.3 Å². The number of nitrogens with one attached hydrogen (secondary N) is 1. The van der Waals surface area contributed by atoms with E-state index in [4.69, 9.17) is 10.6 Å². The largest absolute Gasteiger partial charge is 0.459 e. The molecule has 0 bridgehead atoms. The predicted molar refractivity (Wildman–Crippen MR) is 86.5 cm³/mol. The van der Waals surface area contributed by atoms with Crippen molar-refractivity contribution in [3.8, 4) is 0 Å². The Kier molecular flexibility index (Phi) is 5.58. The standard InChI is InChI=1S/C14H17N5O3S/c1-9(2)22-13(21)10-3-5-11(6-4-10)17-12(20)7-23-14-18-16-8-19(14)15/h3-6,8-9H,7,15H2,1-2H3,(H,17,20). The first kappa shape index (κ1) is 16.8. The first-order valence-corrected chi connectivity index (χ1v) is 7.83. The number of ether oxygens (including phenoxy) is 1. The van der Waals surface area contributed by atoms with Crippen LogP contribution in [0.25, 0.3) is 0 Å². The molecule has 8 nitrogen and oxygen atoms in total. The summed E-state index contributed by atoms with van der Waals surface area (Å²) in [5.74, 6) is 5.09. The lowest BCUT2D eigenvalue weighted by Gasteiger charge is -2.09. The summed E-state index contributed by atoms with van der Waals surface area (Å²) in [6.45, 7) is 3.57. The number of esters is 1. The van der Waals surface area contributed by atoms with Gasteiger partial charge in [0.25, 0.3) is 0 Å². The summed E-state index contributed by atoms with van der Waals surface area (Å²) >= 11 is 1.17. The molecule has 9 heteroatoms. The molecule has 0 fully saturated rings. The molecule has 3 N–H and O–H groups in total. The van der Waals surface area contributed by atoms with E-state index in [0.717, 1.165) is 0 Å². The third-order valence-corrected chi connectivity index (χ3v) is 3.58. The fourth-order valence-electron chi connectivity index (χ4n) is 1.63. The van der Waals surface area contributed by atoms with Crippen molar-refractivity contribution >= 4 is 29.3 Å². The predicted octanol–water partition coefficient (Wildman–Crippen LogP) is 1.29. The van der Waals surface area contributed by atoms with Crippen molar-refractivity contribution in [2.24, 2.45) is 0 Å². The summed E-state index contributed by atoms with van der Waals surface area (Å²) in [6.07, 6.45) is 1.18. The molecule has 122 valence electrons. The van der Waals surface area contributed by atoms with E-state index in [9.17, 15) is 9.59 Å².